The van der Waals surface area contributed by atoms with Crippen LogP contribution >= 0.6 is 0 Å². The number of pyridine rings is 2. The van der Waals surface area contributed by atoms with Crippen LogP contribution in [-0.2, 0) is 16.0 Å². The van der Waals surface area contributed by atoms with Gasteiger partial charge in [0, 0.05) is 18.0 Å². The number of aromatic amines is 1. The molecule has 0 atom stereocenters. The molecular formula is C24H20F3N3O2S. The van der Waals surface area contributed by atoms with Gasteiger partial charge < -0.3 is 4.98 Å². The quantitative estimate of drug-likeness (QED) is 0.391. The third-order valence-electron chi connectivity index (χ3n) is 5.90. The third kappa shape index (κ3) is 4.13. The van der Waals surface area contributed by atoms with Crippen LogP contribution in [0.4, 0.5) is 13.2 Å². The van der Waals surface area contributed by atoms with E-state index in [1.807, 2.05) is 12.1 Å². The lowest BCUT2D eigenvalue weighted by Gasteiger charge is -2.10. The first-order chi connectivity index (χ1) is 15.7. The fraction of sp³-hybridized carbons (Fsp3) is 0.250. The zero-order chi connectivity index (χ0) is 23.4. The molecule has 0 amide bonds. The Balaban J connectivity index is 1.60. The molecule has 3 heterocycles. The highest BCUT2D eigenvalue weighted by molar-refractivity contribution is 7.91. The molecule has 5 rings (SSSR count). The van der Waals surface area contributed by atoms with E-state index in [2.05, 4.69) is 27.1 Å². The second-order valence-electron chi connectivity index (χ2n) is 8.20. The number of sulfone groups is 1. The van der Waals surface area contributed by atoms with Crippen molar-refractivity contribution in [3.8, 4) is 33.9 Å². The molecule has 170 valence electrons. The van der Waals surface area contributed by atoms with E-state index < -0.39 is 21.6 Å². The SMILES string of the molecule is CCS(=O)(=O)c1cc(-c2ccc(C3CC3)cc2)cnc1-c1cc2[nH]cc(C(F)(F)F)cc-2n1. The van der Waals surface area contributed by atoms with Gasteiger partial charge in [-0.25, -0.2) is 13.4 Å². The number of hydrogen-bond acceptors (Lipinski definition) is 4. The average molecular weight is 472 g/mol. The molecule has 1 fully saturated rings. The highest BCUT2D eigenvalue weighted by Gasteiger charge is 2.32. The number of benzene rings is 1. The number of alkyl halides is 3. The molecule has 1 saturated carbocycles. The molecule has 1 aliphatic carbocycles. The summed E-state index contributed by atoms with van der Waals surface area (Å²) in [5, 5.41) is 0. The largest absolute Gasteiger partial charge is 0.417 e. The number of H-pyrrole nitrogens is 1. The van der Waals surface area contributed by atoms with Crippen LogP contribution in [0.25, 0.3) is 33.9 Å². The van der Waals surface area contributed by atoms with Gasteiger partial charge in [-0.05, 0) is 48.1 Å². The third-order valence-corrected chi connectivity index (χ3v) is 7.65. The van der Waals surface area contributed by atoms with Crippen molar-refractivity contribution in [1.29, 1.82) is 0 Å². The average Bonchev–Trinajstić information content (AvgIpc) is 3.56. The topological polar surface area (TPSA) is 75.7 Å². The summed E-state index contributed by atoms with van der Waals surface area (Å²) in [4.78, 5) is 11.2. The van der Waals surface area contributed by atoms with Gasteiger partial charge in [0.25, 0.3) is 0 Å². The summed E-state index contributed by atoms with van der Waals surface area (Å²) in [6, 6.07) is 12.0. The smallest absolute Gasteiger partial charge is 0.359 e. The molecule has 0 unspecified atom stereocenters. The first-order valence-electron chi connectivity index (χ1n) is 10.6. The lowest BCUT2D eigenvalue weighted by molar-refractivity contribution is -0.137. The molecule has 9 heteroatoms. The Morgan fingerprint density at radius 3 is 2.39 bits per heavy atom. The fourth-order valence-electron chi connectivity index (χ4n) is 3.84. The molecule has 0 radical (unpaired) electrons. The Morgan fingerprint density at radius 1 is 1.03 bits per heavy atom. The van der Waals surface area contributed by atoms with E-state index in [0.29, 0.717) is 17.2 Å². The highest BCUT2D eigenvalue weighted by atomic mass is 32.2. The normalized spacial score (nSPS) is 14.7. The van der Waals surface area contributed by atoms with Gasteiger partial charge in [0.2, 0.25) is 0 Å². The van der Waals surface area contributed by atoms with E-state index in [-0.39, 0.29) is 27.7 Å². The van der Waals surface area contributed by atoms with Crippen LogP contribution in [0.15, 0.2) is 59.8 Å². The molecule has 2 aromatic rings. The molecular weight excluding hydrogens is 451 g/mol. The Morgan fingerprint density at radius 2 is 1.76 bits per heavy atom. The first-order valence-corrected chi connectivity index (χ1v) is 12.2. The van der Waals surface area contributed by atoms with Crippen LogP contribution in [-0.4, -0.2) is 29.1 Å². The summed E-state index contributed by atoms with van der Waals surface area (Å²) in [6.07, 6.45) is 0.296. The molecule has 5 nitrogen and oxygen atoms in total. The van der Waals surface area contributed by atoms with Crippen molar-refractivity contribution in [1.82, 2.24) is 15.0 Å². The van der Waals surface area contributed by atoms with Crippen molar-refractivity contribution in [2.45, 2.75) is 36.8 Å². The van der Waals surface area contributed by atoms with Crippen molar-refractivity contribution in [3.63, 3.8) is 0 Å². The molecule has 1 aromatic heterocycles. The maximum atomic E-state index is 13.1. The van der Waals surface area contributed by atoms with Crippen LogP contribution in [0.1, 0.15) is 36.8 Å². The van der Waals surface area contributed by atoms with Crippen LogP contribution < -0.4 is 0 Å². The number of aromatic nitrogens is 3. The predicted octanol–water partition coefficient (Wildman–Crippen LogP) is 5.93. The fourth-order valence-corrected chi connectivity index (χ4v) is 4.91. The Bertz CT molecular complexity index is 1410. The summed E-state index contributed by atoms with van der Waals surface area (Å²) in [6.45, 7) is 1.54. The van der Waals surface area contributed by atoms with E-state index in [1.54, 1.807) is 12.3 Å². The molecule has 3 aliphatic rings. The van der Waals surface area contributed by atoms with Gasteiger partial charge in [-0.2, -0.15) is 13.2 Å². The van der Waals surface area contributed by atoms with Gasteiger partial charge in [-0.3, -0.25) is 4.98 Å². The number of rotatable bonds is 5. The molecule has 1 aromatic carbocycles. The Hall–Kier alpha value is -3.20. The van der Waals surface area contributed by atoms with Crippen LogP contribution in [0.2, 0.25) is 0 Å². The van der Waals surface area contributed by atoms with Crippen molar-refractivity contribution < 1.29 is 21.6 Å². The van der Waals surface area contributed by atoms with E-state index in [9.17, 15) is 21.6 Å². The van der Waals surface area contributed by atoms with E-state index in [4.69, 9.17) is 0 Å². The summed E-state index contributed by atoms with van der Waals surface area (Å²) in [5.41, 5.74) is 2.66. The van der Waals surface area contributed by atoms with Crippen molar-refractivity contribution in [3.05, 3.63) is 66.0 Å². The van der Waals surface area contributed by atoms with Gasteiger partial charge in [-0.1, -0.05) is 31.2 Å². The molecule has 2 aliphatic heterocycles. The summed E-state index contributed by atoms with van der Waals surface area (Å²) >= 11 is 0. The zero-order valence-electron chi connectivity index (χ0n) is 17.6. The maximum absolute atomic E-state index is 13.1. The lowest BCUT2D eigenvalue weighted by atomic mass is 10.0. The second-order valence-corrected chi connectivity index (χ2v) is 10.4. The predicted molar refractivity (Wildman–Crippen MR) is 119 cm³/mol. The molecule has 33 heavy (non-hydrogen) atoms. The molecule has 1 N–H and O–H groups in total. The molecule has 0 spiro atoms. The van der Waals surface area contributed by atoms with Gasteiger partial charge in [0.15, 0.2) is 9.84 Å². The summed E-state index contributed by atoms with van der Waals surface area (Å²) < 4.78 is 65.0. The maximum Gasteiger partial charge on any atom is 0.417 e. The van der Waals surface area contributed by atoms with Crippen molar-refractivity contribution in [2.24, 2.45) is 0 Å². The minimum absolute atomic E-state index is 0.00706. The number of nitrogens with zero attached hydrogens (tertiary/aromatic N) is 2. The van der Waals surface area contributed by atoms with Crippen LogP contribution in [0.3, 0.4) is 0 Å². The van der Waals surface area contributed by atoms with E-state index >= 15 is 0 Å². The first kappa shape index (κ1) is 21.6. The molecule has 0 saturated heterocycles. The molecule has 0 bridgehead atoms. The Labute approximate surface area is 189 Å². The number of nitrogens with one attached hydrogen (secondary N) is 1. The van der Waals surface area contributed by atoms with E-state index in [1.165, 1.54) is 31.4 Å². The summed E-state index contributed by atoms with van der Waals surface area (Å²) in [7, 11) is -3.68. The number of hydrogen-bond donors (Lipinski definition) is 1. The number of fused-ring (bicyclic) bond motifs is 1. The van der Waals surface area contributed by atoms with Crippen molar-refractivity contribution >= 4 is 9.84 Å². The highest BCUT2D eigenvalue weighted by Crippen LogP contribution is 2.41. The standard InChI is InChI=1S/C24H20F3N3O2S/c1-2-33(31,32)22-9-17(16-7-5-15(6-8-16)14-3-4-14)12-29-23(22)21-11-19-20(30-21)10-18(13-28-19)24(25,26)27/h5-14,28H,2-4H2,1H3. The summed E-state index contributed by atoms with van der Waals surface area (Å²) in [5.74, 6) is 0.471. The zero-order valence-corrected chi connectivity index (χ0v) is 18.5. The minimum atomic E-state index is -4.52. The van der Waals surface area contributed by atoms with Crippen LogP contribution in [0.5, 0.6) is 0 Å². The lowest BCUT2D eigenvalue weighted by Crippen LogP contribution is -2.07. The Kier molecular flexibility index (Phi) is 5.04. The van der Waals surface area contributed by atoms with Gasteiger partial charge in [0.05, 0.1) is 33.3 Å². The van der Waals surface area contributed by atoms with Crippen molar-refractivity contribution in [2.75, 3.05) is 5.75 Å². The number of halogens is 3. The van der Waals surface area contributed by atoms with E-state index in [0.717, 1.165) is 17.8 Å². The monoisotopic (exact) mass is 471 g/mol. The van der Waals surface area contributed by atoms with Gasteiger partial charge in [0.1, 0.15) is 5.69 Å². The minimum Gasteiger partial charge on any atom is -0.359 e. The van der Waals surface area contributed by atoms with Crippen LogP contribution in [0, 0.1) is 0 Å². The van der Waals surface area contributed by atoms with Gasteiger partial charge in [-0.15, -0.1) is 0 Å². The second kappa shape index (κ2) is 7.69. The van der Waals surface area contributed by atoms with Gasteiger partial charge >= 0.3 is 6.18 Å².